The second-order valence-corrected chi connectivity index (χ2v) is 15.6. The van der Waals surface area contributed by atoms with E-state index in [4.69, 9.17) is 4.74 Å². The molecule has 1 saturated heterocycles. The van der Waals surface area contributed by atoms with Gasteiger partial charge < -0.3 is 20.3 Å². The van der Waals surface area contributed by atoms with Crippen LogP contribution in [-0.2, 0) is 14.9 Å². The molecule has 0 bridgehead atoms. The molecule has 11 atom stereocenters. The lowest BCUT2D eigenvalue weighted by atomic mass is 9.41. The van der Waals surface area contributed by atoms with Gasteiger partial charge >= 0.3 is 16.2 Å². The summed E-state index contributed by atoms with van der Waals surface area (Å²) < 4.78 is 33.7. The number of ether oxygens (including phenoxy) is 1. The Hall–Kier alpha value is -0.940. The molecule has 5 rings (SSSR count). The van der Waals surface area contributed by atoms with Gasteiger partial charge in [0.05, 0.1) is 25.4 Å². The van der Waals surface area contributed by atoms with Crippen molar-refractivity contribution in [3.8, 4) is 0 Å². The first-order valence-corrected chi connectivity index (χ1v) is 16.9. The van der Waals surface area contributed by atoms with Crippen LogP contribution >= 0.6 is 0 Å². The summed E-state index contributed by atoms with van der Waals surface area (Å²) in [7, 11) is -3.88. The second-order valence-electron chi connectivity index (χ2n) is 13.9. The van der Waals surface area contributed by atoms with Crippen LogP contribution in [0, 0.1) is 52.3 Å². The average molecular weight is 570 g/mol. The highest BCUT2D eigenvalue weighted by Crippen LogP contribution is 2.69. The van der Waals surface area contributed by atoms with Gasteiger partial charge in [0.25, 0.3) is 0 Å². The van der Waals surface area contributed by atoms with Gasteiger partial charge in [0.15, 0.2) is 0 Å². The number of carbonyl (C=O) groups is 1. The fraction of sp³-hybridized carbons (Fsp3) is 0.966. The van der Waals surface area contributed by atoms with Crippen molar-refractivity contribution in [1.29, 1.82) is 0 Å². The van der Waals surface area contributed by atoms with Gasteiger partial charge in [0, 0.05) is 19.6 Å². The monoisotopic (exact) mass is 569 g/mol. The number of nitrogens with one attached hydrogen (secondary N) is 2. The maximum atomic E-state index is 12.6. The first-order valence-electron chi connectivity index (χ1n) is 15.4. The van der Waals surface area contributed by atoms with E-state index in [1.54, 1.807) is 0 Å². The number of fused-ring (bicyclic) bond motifs is 5. The molecule has 1 heterocycles. The largest absolute Gasteiger partial charge is 0.393 e. The third-order valence-electron chi connectivity index (χ3n) is 12.3. The van der Waals surface area contributed by atoms with Crippen molar-refractivity contribution in [3.05, 3.63) is 0 Å². The van der Waals surface area contributed by atoms with Crippen molar-refractivity contribution in [1.82, 2.24) is 14.3 Å². The molecule has 39 heavy (non-hydrogen) atoms. The first kappa shape index (κ1) is 29.5. The van der Waals surface area contributed by atoms with E-state index < -0.39 is 16.2 Å². The fourth-order valence-electron chi connectivity index (χ4n) is 10.3. The Kier molecular flexibility index (Phi) is 8.37. The summed E-state index contributed by atoms with van der Waals surface area (Å²) in [6, 6.07) is -0.677. The minimum Gasteiger partial charge on any atom is -0.393 e. The molecule has 224 valence electrons. The summed E-state index contributed by atoms with van der Waals surface area (Å²) in [5.74, 6) is 2.47. The lowest BCUT2D eigenvalue weighted by Crippen LogP contribution is -2.62. The van der Waals surface area contributed by atoms with Crippen LogP contribution in [0.4, 0.5) is 4.79 Å². The van der Waals surface area contributed by atoms with Gasteiger partial charge in [-0.3, -0.25) is 0 Å². The number of carbonyl (C=O) groups excluding carboxylic acids is 1. The van der Waals surface area contributed by atoms with Crippen LogP contribution < -0.4 is 10.0 Å². The van der Waals surface area contributed by atoms with Gasteiger partial charge in [0.1, 0.15) is 0 Å². The van der Waals surface area contributed by atoms with Crippen LogP contribution in [0.2, 0.25) is 0 Å². The molecule has 9 nitrogen and oxygen atoms in total. The van der Waals surface area contributed by atoms with E-state index in [1.165, 1.54) is 4.31 Å². The standard InChI is InChI=1S/C29H51N3O6S/c1-5-20-24-16-19(33)8-10-29(24,4)23-9-11-28(3)21(6-7-22(28)25(23)26(20)34)18(2)17-30-27(35)31-39(36,37)32-12-14-38-15-13-32/h18-26,33-34H,5-17H2,1-4H3,(H2,30,31,35)/t18-,19-,20-,21-,22+,23+,24+,25+,26-,28-,29-/m1/s1. The van der Waals surface area contributed by atoms with Gasteiger partial charge in [-0.15, -0.1) is 0 Å². The Morgan fingerprint density at radius 2 is 1.69 bits per heavy atom. The zero-order valence-corrected chi connectivity index (χ0v) is 25.1. The predicted molar refractivity (Wildman–Crippen MR) is 149 cm³/mol. The minimum atomic E-state index is -3.88. The second kappa shape index (κ2) is 11.0. The quantitative estimate of drug-likeness (QED) is 0.389. The van der Waals surface area contributed by atoms with Crippen LogP contribution in [0.25, 0.3) is 0 Å². The average Bonchev–Trinajstić information content (AvgIpc) is 3.26. The highest BCUT2D eigenvalue weighted by Gasteiger charge is 2.64. The van der Waals surface area contributed by atoms with Gasteiger partial charge in [-0.25, -0.2) is 9.52 Å². The smallest absolute Gasteiger partial charge is 0.329 e. The van der Waals surface area contributed by atoms with Crippen LogP contribution in [0.15, 0.2) is 0 Å². The molecule has 0 unspecified atom stereocenters. The normalized spacial score (nSPS) is 45.5. The Labute approximate surface area is 235 Å². The molecule has 2 amide bonds. The molecule has 0 spiro atoms. The molecule has 5 fully saturated rings. The van der Waals surface area contributed by atoms with Crippen LogP contribution in [0.5, 0.6) is 0 Å². The van der Waals surface area contributed by atoms with Gasteiger partial charge in [-0.1, -0.05) is 34.1 Å². The zero-order valence-electron chi connectivity index (χ0n) is 24.3. The Bertz CT molecular complexity index is 1000. The molecule has 4 saturated carbocycles. The van der Waals surface area contributed by atoms with Crippen LogP contribution in [-0.4, -0.2) is 74.0 Å². The van der Waals surface area contributed by atoms with Crippen molar-refractivity contribution in [2.45, 2.75) is 91.3 Å². The number of urea groups is 1. The van der Waals surface area contributed by atoms with E-state index >= 15 is 0 Å². The van der Waals surface area contributed by atoms with E-state index in [2.05, 4.69) is 37.7 Å². The SMILES string of the molecule is CC[C@H]1[C@@H](O)[C@@H]2[C@H](CC[C@]3(C)[C@@H]([C@H](C)CNC(=O)NS(=O)(=O)N4CCOCC4)CC[C@@H]23)[C@@]2(C)CC[C@@H](O)C[C@@H]12. The number of nitrogens with zero attached hydrogens (tertiary/aromatic N) is 1. The number of hydrogen-bond acceptors (Lipinski definition) is 6. The van der Waals surface area contributed by atoms with Gasteiger partial charge in [-0.2, -0.15) is 12.7 Å². The van der Waals surface area contributed by atoms with Crippen molar-refractivity contribution in [2.75, 3.05) is 32.8 Å². The number of morpholine rings is 1. The lowest BCUT2D eigenvalue weighted by molar-refractivity contribution is -0.203. The number of amides is 2. The lowest BCUT2D eigenvalue weighted by Gasteiger charge is -2.64. The molecular formula is C29H51N3O6S. The van der Waals surface area contributed by atoms with Gasteiger partial charge in [0.2, 0.25) is 0 Å². The molecule has 4 N–H and O–H groups in total. The van der Waals surface area contributed by atoms with E-state index in [-0.39, 0.29) is 53.9 Å². The molecule has 0 aromatic carbocycles. The van der Waals surface area contributed by atoms with Gasteiger partial charge in [-0.05, 0) is 97.2 Å². The molecule has 5 aliphatic rings. The summed E-state index contributed by atoms with van der Waals surface area (Å²) in [6.07, 6.45) is 7.56. The predicted octanol–water partition coefficient (Wildman–Crippen LogP) is 3.13. The van der Waals surface area contributed by atoms with Crippen molar-refractivity contribution >= 4 is 16.2 Å². The summed E-state index contributed by atoms with van der Waals surface area (Å²) in [5.41, 5.74) is 0.274. The molecule has 1 aliphatic heterocycles. The molecule has 0 radical (unpaired) electrons. The maximum Gasteiger partial charge on any atom is 0.329 e. The summed E-state index contributed by atoms with van der Waals surface area (Å²) in [4.78, 5) is 12.6. The summed E-state index contributed by atoms with van der Waals surface area (Å²) in [5, 5.41) is 25.2. The highest BCUT2D eigenvalue weighted by atomic mass is 32.2. The van der Waals surface area contributed by atoms with E-state index in [1.807, 2.05) is 0 Å². The molecule has 0 aromatic rings. The van der Waals surface area contributed by atoms with E-state index in [0.29, 0.717) is 43.4 Å². The molecule has 10 heteroatoms. The summed E-state index contributed by atoms with van der Waals surface area (Å²) >= 11 is 0. The molecule has 4 aliphatic carbocycles. The maximum absolute atomic E-state index is 12.6. The third kappa shape index (κ3) is 5.15. The zero-order chi connectivity index (χ0) is 28.2. The van der Waals surface area contributed by atoms with E-state index in [9.17, 15) is 23.4 Å². The number of aliphatic hydroxyl groups excluding tert-OH is 2. The Balaban J connectivity index is 1.25. The number of aliphatic hydroxyl groups is 2. The van der Waals surface area contributed by atoms with E-state index in [0.717, 1.165) is 51.4 Å². The number of hydrogen-bond donors (Lipinski definition) is 4. The van der Waals surface area contributed by atoms with Crippen molar-refractivity contribution in [3.63, 3.8) is 0 Å². The van der Waals surface area contributed by atoms with Crippen molar-refractivity contribution < 1.29 is 28.2 Å². The number of rotatable bonds is 6. The Morgan fingerprint density at radius 3 is 2.38 bits per heavy atom. The fourth-order valence-corrected chi connectivity index (χ4v) is 11.4. The minimum absolute atomic E-state index is 0.0925. The summed E-state index contributed by atoms with van der Waals surface area (Å²) in [6.45, 7) is 10.8. The van der Waals surface area contributed by atoms with Crippen LogP contribution in [0.1, 0.15) is 79.1 Å². The third-order valence-corrected chi connectivity index (χ3v) is 13.8. The van der Waals surface area contributed by atoms with Crippen molar-refractivity contribution in [2.24, 2.45) is 52.3 Å². The topological polar surface area (TPSA) is 128 Å². The highest BCUT2D eigenvalue weighted by molar-refractivity contribution is 7.87. The Morgan fingerprint density at radius 1 is 1.03 bits per heavy atom. The first-order chi connectivity index (χ1) is 18.4. The van der Waals surface area contributed by atoms with Crippen LogP contribution in [0.3, 0.4) is 0 Å². The molecular weight excluding hydrogens is 518 g/mol. The molecule has 0 aromatic heterocycles.